The monoisotopic (exact) mass is 326 g/mol. The van der Waals surface area contributed by atoms with Crippen molar-refractivity contribution in [2.75, 3.05) is 5.73 Å². The number of amides is 1. The van der Waals surface area contributed by atoms with Crippen LogP contribution in [0.5, 0.6) is 5.75 Å². The van der Waals surface area contributed by atoms with Crippen molar-refractivity contribution in [1.29, 1.82) is 0 Å². The highest BCUT2D eigenvalue weighted by molar-refractivity contribution is 6.06. The average Bonchev–Trinajstić information content (AvgIpc) is 2.47. The van der Waals surface area contributed by atoms with Crippen molar-refractivity contribution in [1.82, 2.24) is 5.32 Å². The number of ketones is 1. The maximum absolute atomic E-state index is 12.1. The number of nitrogens with one attached hydrogen (secondary N) is 1. The van der Waals surface area contributed by atoms with Crippen LogP contribution in [0.4, 0.5) is 10.5 Å². The van der Waals surface area contributed by atoms with E-state index in [1.165, 1.54) is 6.92 Å². The summed E-state index contributed by atoms with van der Waals surface area (Å²) in [6.45, 7) is 6.97. The molecule has 2 aromatic rings. The van der Waals surface area contributed by atoms with Crippen LogP contribution in [0, 0.1) is 0 Å². The Kier molecular flexibility index (Phi) is 4.93. The van der Waals surface area contributed by atoms with Gasteiger partial charge in [-0.25, -0.2) is 4.79 Å². The second kappa shape index (κ2) is 6.74. The summed E-state index contributed by atoms with van der Waals surface area (Å²) in [5.74, 6) is -0.0188. The first kappa shape index (κ1) is 17.5. The van der Waals surface area contributed by atoms with Crippen molar-refractivity contribution < 1.29 is 14.3 Å². The molecule has 0 saturated heterocycles. The lowest BCUT2D eigenvalue weighted by Crippen LogP contribution is -2.42. The second-order valence-corrected chi connectivity index (χ2v) is 6.59. The third-order valence-electron chi connectivity index (χ3n) is 3.32. The molecule has 5 heteroatoms. The Morgan fingerprint density at radius 2 is 1.67 bits per heavy atom. The number of ether oxygens (including phenoxy) is 1. The fourth-order valence-electron chi connectivity index (χ4n) is 2.36. The number of hydrogen-bond acceptors (Lipinski definition) is 4. The molecule has 0 fully saturated rings. The standard InChI is InChI=1S/C19H22N2O3/c1-12(22)16-14(13-8-6-5-7-9-13)10-11-15(17(16)20)24-18(23)21-19(2,3)4/h5-11H,20H2,1-4H3,(H,21,23). The predicted octanol–water partition coefficient (Wildman–Crippen LogP) is 4.03. The lowest BCUT2D eigenvalue weighted by Gasteiger charge is -2.21. The van der Waals surface area contributed by atoms with Crippen LogP contribution in [0.25, 0.3) is 11.1 Å². The average molecular weight is 326 g/mol. The third kappa shape index (κ3) is 4.13. The topological polar surface area (TPSA) is 81.4 Å². The lowest BCUT2D eigenvalue weighted by molar-refractivity contribution is 0.101. The van der Waals surface area contributed by atoms with Gasteiger partial charge in [0.25, 0.3) is 0 Å². The third-order valence-corrected chi connectivity index (χ3v) is 3.32. The highest BCUT2D eigenvalue weighted by Crippen LogP contribution is 2.34. The summed E-state index contributed by atoms with van der Waals surface area (Å²) in [5.41, 5.74) is 7.77. The van der Waals surface area contributed by atoms with Crippen LogP contribution in [0.1, 0.15) is 38.1 Å². The molecule has 0 radical (unpaired) electrons. The molecule has 0 saturated carbocycles. The van der Waals surface area contributed by atoms with Crippen molar-refractivity contribution in [3.63, 3.8) is 0 Å². The first-order valence-corrected chi connectivity index (χ1v) is 7.68. The summed E-state index contributed by atoms with van der Waals surface area (Å²) in [5, 5.41) is 2.69. The molecule has 0 heterocycles. The SMILES string of the molecule is CC(=O)c1c(-c2ccccc2)ccc(OC(=O)NC(C)(C)C)c1N. The molecule has 126 valence electrons. The van der Waals surface area contributed by atoms with Crippen LogP contribution >= 0.6 is 0 Å². The zero-order valence-electron chi connectivity index (χ0n) is 14.3. The van der Waals surface area contributed by atoms with Crippen LogP contribution in [0.3, 0.4) is 0 Å². The largest absolute Gasteiger partial charge is 0.413 e. The number of nitrogen functional groups attached to an aromatic ring is 1. The maximum atomic E-state index is 12.1. The molecule has 3 N–H and O–H groups in total. The minimum absolute atomic E-state index is 0.160. The molecule has 0 unspecified atom stereocenters. The minimum atomic E-state index is -0.615. The molecule has 0 aromatic heterocycles. The summed E-state index contributed by atoms with van der Waals surface area (Å²) in [7, 11) is 0. The lowest BCUT2D eigenvalue weighted by atomic mass is 9.95. The predicted molar refractivity (Wildman–Crippen MR) is 95.2 cm³/mol. The van der Waals surface area contributed by atoms with E-state index in [-0.39, 0.29) is 17.2 Å². The van der Waals surface area contributed by atoms with E-state index in [4.69, 9.17) is 10.5 Å². The zero-order valence-corrected chi connectivity index (χ0v) is 14.3. The normalized spacial score (nSPS) is 11.0. The van der Waals surface area contributed by atoms with Crippen molar-refractivity contribution >= 4 is 17.6 Å². The highest BCUT2D eigenvalue weighted by Gasteiger charge is 2.20. The quantitative estimate of drug-likeness (QED) is 0.659. The van der Waals surface area contributed by atoms with Gasteiger partial charge in [0.05, 0.1) is 11.3 Å². The molecule has 0 atom stereocenters. The Morgan fingerprint density at radius 3 is 2.21 bits per heavy atom. The molecule has 5 nitrogen and oxygen atoms in total. The molecule has 0 aliphatic carbocycles. The molecule has 2 aromatic carbocycles. The van der Waals surface area contributed by atoms with Gasteiger partial charge in [0, 0.05) is 5.54 Å². The fraction of sp³-hybridized carbons (Fsp3) is 0.263. The summed E-state index contributed by atoms with van der Waals surface area (Å²) >= 11 is 0. The van der Waals surface area contributed by atoms with Gasteiger partial charge in [-0.2, -0.15) is 0 Å². The Morgan fingerprint density at radius 1 is 1.04 bits per heavy atom. The van der Waals surface area contributed by atoms with Gasteiger partial charge >= 0.3 is 6.09 Å². The van der Waals surface area contributed by atoms with Crippen LogP contribution in [0.2, 0.25) is 0 Å². The van der Waals surface area contributed by atoms with E-state index >= 15 is 0 Å². The second-order valence-electron chi connectivity index (χ2n) is 6.59. The molecule has 1 amide bonds. The van der Waals surface area contributed by atoms with Crippen LogP contribution in [-0.2, 0) is 0 Å². The van der Waals surface area contributed by atoms with Crippen molar-refractivity contribution in [3.8, 4) is 16.9 Å². The molecular weight excluding hydrogens is 304 g/mol. The van der Waals surface area contributed by atoms with Crippen LogP contribution < -0.4 is 15.8 Å². The molecular formula is C19H22N2O3. The van der Waals surface area contributed by atoms with Gasteiger partial charge in [-0.3, -0.25) is 4.79 Å². The van der Waals surface area contributed by atoms with Gasteiger partial charge in [-0.05, 0) is 51.0 Å². The Bertz CT molecular complexity index is 762. The molecule has 0 spiro atoms. The van der Waals surface area contributed by atoms with E-state index in [0.717, 1.165) is 5.56 Å². The summed E-state index contributed by atoms with van der Waals surface area (Å²) in [4.78, 5) is 24.0. The van der Waals surface area contributed by atoms with Gasteiger partial charge in [0.2, 0.25) is 0 Å². The number of benzene rings is 2. The molecule has 2 rings (SSSR count). The summed E-state index contributed by atoms with van der Waals surface area (Å²) in [6.07, 6.45) is -0.615. The smallest absolute Gasteiger partial charge is 0.408 e. The Hall–Kier alpha value is -2.82. The van der Waals surface area contributed by atoms with Gasteiger partial charge in [0.1, 0.15) is 0 Å². The first-order chi connectivity index (χ1) is 11.2. The van der Waals surface area contributed by atoms with Crippen LogP contribution in [0.15, 0.2) is 42.5 Å². The van der Waals surface area contributed by atoms with Gasteiger partial charge in [-0.15, -0.1) is 0 Å². The van der Waals surface area contributed by atoms with Gasteiger partial charge in [-0.1, -0.05) is 30.3 Å². The summed E-state index contributed by atoms with van der Waals surface area (Å²) in [6, 6.07) is 12.8. The highest BCUT2D eigenvalue weighted by atomic mass is 16.6. The number of carbonyl (C=O) groups excluding carboxylic acids is 2. The van der Waals surface area contributed by atoms with E-state index in [9.17, 15) is 9.59 Å². The number of hydrogen-bond donors (Lipinski definition) is 2. The maximum Gasteiger partial charge on any atom is 0.413 e. The van der Waals surface area contributed by atoms with Crippen molar-refractivity contribution in [2.45, 2.75) is 33.2 Å². The van der Waals surface area contributed by atoms with Crippen molar-refractivity contribution in [3.05, 3.63) is 48.0 Å². The molecule has 0 bridgehead atoms. The molecule has 0 aliphatic heterocycles. The van der Waals surface area contributed by atoms with Gasteiger partial charge < -0.3 is 15.8 Å². The number of carbonyl (C=O) groups is 2. The number of anilines is 1. The summed E-state index contributed by atoms with van der Waals surface area (Å²) < 4.78 is 5.28. The number of Topliss-reactive ketones (excluding diaryl/α,β-unsaturated/α-hetero) is 1. The Labute approximate surface area is 141 Å². The van der Waals surface area contributed by atoms with Crippen molar-refractivity contribution in [2.24, 2.45) is 0 Å². The van der Waals surface area contributed by atoms with E-state index in [1.807, 2.05) is 51.1 Å². The van der Waals surface area contributed by atoms with E-state index in [0.29, 0.717) is 11.1 Å². The fourth-order valence-corrected chi connectivity index (χ4v) is 2.36. The first-order valence-electron chi connectivity index (χ1n) is 7.68. The van der Waals surface area contributed by atoms with Gasteiger partial charge in [0.15, 0.2) is 11.5 Å². The van der Waals surface area contributed by atoms with Crippen LogP contribution in [-0.4, -0.2) is 17.4 Å². The van der Waals surface area contributed by atoms with E-state index in [1.54, 1.807) is 12.1 Å². The minimum Gasteiger partial charge on any atom is -0.408 e. The number of rotatable bonds is 3. The van der Waals surface area contributed by atoms with E-state index in [2.05, 4.69) is 5.32 Å². The van der Waals surface area contributed by atoms with E-state index < -0.39 is 11.6 Å². The molecule has 0 aliphatic rings. The molecule has 24 heavy (non-hydrogen) atoms. The number of nitrogens with two attached hydrogens (primary N) is 1. The Balaban J connectivity index is 2.42. The zero-order chi connectivity index (χ0) is 17.9.